The van der Waals surface area contributed by atoms with Crippen LogP contribution in [0.25, 0.3) is 16.6 Å². The molecule has 5 rings (SSSR count). The van der Waals surface area contributed by atoms with Crippen molar-refractivity contribution in [2.45, 2.75) is 19.5 Å². The predicted molar refractivity (Wildman–Crippen MR) is 113 cm³/mol. The summed E-state index contributed by atoms with van der Waals surface area (Å²) in [7, 11) is 0. The first-order valence-corrected chi connectivity index (χ1v) is 9.79. The van der Waals surface area contributed by atoms with Crippen molar-refractivity contribution in [3.63, 3.8) is 0 Å². The molecule has 0 amide bonds. The van der Waals surface area contributed by atoms with Crippen LogP contribution in [-0.4, -0.2) is 37.0 Å². The van der Waals surface area contributed by atoms with Crippen molar-refractivity contribution < 1.29 is 20.1 Å². The molecule has 7 heteroatoms. The molecular weight excluding hydrogens is 382 g/mol. The molecule has 1 aliphatic heterocycles. The van der Waals surface area contributed by atoms with Gasteiger partial charge in [-0.05, 0) is 30.2 Å². The zero-order valence-electron chi connectivity index (χ0n) is 16.2. The first kappa shape index (κ1) is 18.2. The number of carboxylic acids is 1. The topological polar surface area (TPSA) is 90.9 Å². The van der Waals surface area contributed by atoms with Gasteiger partial charge in [-0.15, -0.1) is 0 Å². The van der Waals surface area contributed by atoms with Gasteiger partial charge in [0.25, 0.3) is 0 Å². The van der Waals surface area contributed by atoms with Crippen LogP contribution < -0.4 is 4.90 Å². The summed E-state index contributed by atoms with van der Waals surface area (Å²) in [5.41, 5.74) is 4.16. The minimum absolute atomic E-state index is 0.0388. The number of hydrogen-bond acceptors (Lipinski definition) is 4. The number of rotatable bonds is 4. The minimum Gasteiger partial charge on any atom is -0.494 e. The quantitative estimate of drug-likeness (QED) is 0.485. The minimum atomic E-state index is -0.897. The van der Waals surface area contributed by atoms with Gasteiger partial charge < -0.3 is 24.8 Å². The molecule has 0 saturated carbocycles. The van der Waals surface area contributed by atoms with E-state index in [-0.39, 0.29) is 18.3 Å². The van der Waals surface area contributed by atoms with Crippen molar-refractivity contribution in [3.8, 4) is 17.4 Å². The number of benzene rings is 2. The van der Waals surface area contributed by atoms with Crippen molar-refractivity contribution in [2.24, 2.45) is 0 Å². The monoisotopic (exact) mass is 403 g/mol. The molecule has 0 spiro atoms. The standard InChI is InChI=1S/C23H21N3O4/c27-21-12-19(23(30)26(21)15-6-2-1-3-7-15)24-11-10-17-16-8-4-5-9-18(16)25(14-22(28)29)20(17)13-24/h1-9,12,27,30H,10-11,13-14H2,(H,28,29). The van der Waals surface area contributed by atoms with Gasteiger partial charge in [0.2, 0.25) is 11.8 Å². The maximum Gasteiger partial charge on any atom is 0.323 e. The average molecular weight is 403 g/mol. The molecule has 2 aromatic heterocycles. The largest absolute Gasteiger partial charge is 0.494 e. The van der Waals surface area contributed by atoms with Gasteiger partial charge in [-0.2, -0.15) is 0 Å². The van der Waals surface area contributed by atoms with E-state index in [9.17, 15) is 20.1 Å². The number of aromatic nitrogens is 2. The lowest BCUT2D eigenvalue weighted by Crippen LogP contribution is -2.31. The molecule has 3 N–H and O–H groups in total. The van der Waals surface area contributed by atoms with Crippen LogP contribution in [0.15, 0.2) is 60.7 Å². The number of fused-ring (bicyclic) bond motifs is 3. The lowest BCUT2D eigenvalue weighted by atomic mass is 10.0. The van der Waals surface area contributed by atoms with Crippen molar-refractivity contribution in [1.29, 1.82) is 0 Å². The van der Waals surface area contributed by atoms with Crippen LogP contribution in [0, 0.1) is 0 Å². The van der Waals surface area contributed by atoms with Crippen LogP contribution in [-0.2, 0) is 24.3 Å². The number of para-hydroxylation sites is 2. The summed E-state index contributed by atoms with van der Waals surface area (Å²) in [6.45, 7) is 0.981. The third kappa shape index (κ3) is 2.78. The van der Waals surface area contributed by atoms with Gasteiger partial charge in [-0.3, -0.25) is 4.79 Å². The van der Waals surface area contributed by atoms with E-state index >= 15 is 0 Å². The Labute approximate surface area is 172 Å². The summed E-state index contributed by atoms with van der Waals surface area (Å²) in [6, 6.07) is 18.6. The molecule has 30 heavy (non-hydrogen) atoms. The summed E-state index contributed by atoms with van der Waals surface area (Å²) in [4.78, 5) is 13.5. The lowest BCUT2D eigenvalue weighted by molar-refractivity contribution is -0.137. The maximum absolute atomic E-state index is 11.5. The van der Waals surface area contributed by atoms with Crippen molar-refractivity contribution in [3.05, 3.63) is 71.9 Å². The highest BCUT2D eigenvalue weighted by Crippen LogP contribution is 2.41. The number of carboxylic acid groups (broad SMARTS) is 1. The smallest absolute Gasteiger partial charge is 0.323 e. The molecular formula is C23H21N3O4. The molecule has 152 valence electrons. The first-order chi connectivity index (χ1) is 14.5. The number of carbonyl (C=O) groups is 1. The Hall–Kier alpha value is -3.87. The fourth-order valence-electron chi connectivity index (χ4n) is 4.45. The summed E-state index contributed by atoms with van der Waals surface area (Å²) in [5, 5.41) is 31.9. The van der Waals surface area contributed by atoms with E-state index < -0.39 is 5.97 Å². The Morgan fingerprint density at radius 2 is 1.73 bits per heavy atom. The lowest BCUT2D eigenvalue weighted by Gasteiger charge is -2.29. The van der Waals surface area contributed by atoms with E-state index in [0.29, 0.717) is 24.5 Å². The zero-order valence-corrected chi connectivity index (χ0v) is 16.2. The molecule has 0 saturated heterocycles. The van der Waals surface area contributed by atoms with Gasteiger partial charge >= 0.3 is 5.97 Å². The summed E-state index contributed by atoms with van der Waals surface area (Å²) in [6.07, 6.45) is 0.721. The van der Waals surface area contributed by atoms with E-state index in [2.05, 4.69) is 0 Å². The summed E-state index contributed by atoms with van der Waals surface area (Å²) in [5.74, 6) is -0.986. The van der Waals surface area contributed by atoms with Crippen LogP contribution >= 0.6 is 0 Å². The molecule has 0 atom stereocenters. The molecule has 7 nitrogen and oxygen atoms in total. The molecule has 3 heterocycles. The van der Waals surface area contributed by atoms with Gasteiger partial charge in [0.15, 0.2) is 0 Å². The average Bonchev–Trinajstić information content (AvgIpc) is 3.22. The Morgan fingerprint density at radius 3 is 2.50 bits per heavy atom. The first-order valence-electron chi connectivity index (χ1n) is 9.79. The van der Waals surface area contributed by atoms with Gasteiger partial charge in [0, 0.05) is 29.2 Å². The SMILES string of the molecule is O=C(O)Cn1c2c(c3ccccc31)CCN(c1cc(O)n(-c3ccccc3)c1O)C2. The van der Waals surface area contributed by atoms with Crippen LogP contribution in [0.2, 0.25) is 0 Å². The number of aromatic hydroxyl groups is 2. The molecule has 4 aromatic rings. The fourth-order valence-corrected chi connectivity index (χ4v) is 4.45. The highest BCUT2D eigenvalue weighted by molar-refractivity contribution is 5.87. The van der Waals surface area contributed by atoms with Crippen molar-refractivity contribution in [2.75, 3.05) is 11.4 Å². The molecule has 0 aliphatic carbocycles. The Morgan fingerprint density at radius 1 is 1.00 bits per heavy atom. The molecule has 0 unspecified atom stereocenters. The Kier molecular flexibility index (Phi) is 4.17. The Bertz CT molecular complexity index is 1260. The van der Waals surface area contributed by atoms with Gasteiger partial charge in [-0.25, -0.2) is 4.57 Å². The molecule has 0 radical (unpaired) electrons. The van der Waals surface area contributed by atoms with Crippen LogP contribution in [0.3, 0.4) is 0 Å². The fraction of sp³-hybridized carbons (Fsp3) is 0.174. The van der Waals surface area contributed by atoms with E-state index in [4.69, 9.17) is 0 Å². The van der Waals surface area contributed by atoms with Gasteiger partial charge in [0.05, 0.1) is 12.2 Å². The highest BCUT2D eigenvalue weighted by Gasteiger charge is 2.28. The number of nitrogens with zero attached hydrogens (tertiary/aromatic N) is 3. The third-order valence-electron chi connectivity index (χ3n) is 5.75. The van der Waals surface area contributed by atoms with E-state index in [1.807, 2.05) is 64.1 Å². The van der Waals surface area contributed by atoms with Gasteiger partial charge in [-0.1, -0.05) is 36.4 Å². The third-order valence-corrected chi connectivity index (χ3v) is 5.75. The molecule has 2 aromatic carbocycles. The van der Waals surface area contributed by atoms with E-state index in [1.54, 1.807) is 6.07 Å². The molecule has 1 aliphatic rings. The molecule has 0 fully saturated rings. The van der Waals surface area contributed by atoms with Crippen LogP contribution in [0.1, 0.15) is 11.3 Å². The van der Waals surface area contributed by atoms with E-state index in [0.717, 1.165) is 28.6 Å². The van der Waals surface area contributed by atoms with Crippen LogP contribution in [0.5, 0.6) is 11.8 Å². The van der Waals surface area contributed by atoms with Crippen molar-refractivity contribution in [1.82, 2.24) is 9.13 Å². The summed E-state index contributed by atoms with van der Waals surface area (Å²) >= 11 is 0. The van der Waals surface area contributed by atoms with E-state index in [1.165, 1.54) is 4.57 Å². The highest BCUT2D eigenvalue weighted by atomic mass is 16.4. The van der Waals surface area contributed by atoms with Crippen LogP contribution in [0.4, 0.5) is 5.69 Å². The number of anilines is 1. The predicted octanol–water partition coefficient (Wildman–Crippen LogP) is 3.49. The normalized spacial score (nSPS) is 13.5. The number of hydrogen-bond donors (Lipinski definition) is 3. The van der Waals surface area contributed by atoms with Crippen molar-refractivity contribution >= 4 is 22.6 Å². The molecule has 0 bridgehead atoms. The maximum atomic E-state index is 11.5. The zero-order chi connectivity index (χ0) is 20.8. The second-order valence-corrected chi connectivity index (χ2v) is 7.48. The second-order valence-electron chi connectivity index (χ2n) is 7.48. The number of aliphatic carboxylic acids is 1. The Balaban J connectivity index is 1.58. The summed E-state index contributed by atoms with van der Waals surface area (Å²) < 4.78 is 3.24. The van der Waals surface area contributed by atoms with Gasteiger partial charge in [0.1, 0.15) is 12.2 Å². The second kappa shape index (κ2) is 6.88.